The smallest absolute Gasteiger partial charge is 0.108 e. The zero-order valence-corrected chi connectivity index (χ0v) is 12.9. The van der Waals surface area contributed by atoms with E-state index in [2.05, 4.69) is 31.9 Å². The summed E-state index contributed by atoms with van der Waals surface area (Å²) in [5.41, 5.74) is 4.16. The summed E-state index contributed by atoms with van der Waals surface area (Å²) >= 11 is 5.98. The first-order chi connectivity index (χ1) is 10.1. The molecule has 1 aromatic carbocycles. The summed E-state index contributed by atoms with van der Waals surface area (Å²) in [4.78, 5) is 17.6. The molecule has 0 saturated heterocycles. The van der Waals surface area contributed by atoms with E-state index in [1.165, 1.54) is 0 Å². The second kappa shape index (κ2) is 5.87. The SMILES string of the molecule is Cc1[nH]cnc1CN(C)CCc1nc2ccc(Cl)cc2[nH]1. The second-order valence-corrected chi connectivity index (χ2v) is 5.74. The van der Waals surface area contributed by atoms with Crippen molar-refractivity contribution >= 4 is 22.6 Å². The lowest BCUT2D eigenvalue weighted by molar-refractivity contribution is 0.325. The van der Waals surface area contributed by atoms with Crippen LogP contribution >= 0.6 is 11.6 Å². The minimum Gasteiger partial charge on any atom is -0.348 e. The molecular weight excluding hydrogens is 286 g/mol. The molecule has 3 rings (SSSR count). The van der Waals surface area contributed by atoms with Crippen LogP contribution in [-0.4, -0.2) is 38.4 Å². The number of aromatic nitrogens is 4. The van der Waals surface area contributed by atoms with Crippen LogP contribution in [0.1, 0.15) is 17.2 Å². The molecule has 5 nitrogen and oxygen atoms in total. The molecule has 0 atom stereocenters. The Kier molecular flexibility index (Phi) is 3.94. The number of benzene rings is 1. The summed E-state index contributed by atoms with van der Waals surface area (Å²) in [6.45, 7) is 3.79. The van der Waals surface area contributed by atoms with Crippen molar-refractivity contribution in [2.24, 2.45) is 0 Å². The highest BCUT2D eigenvalue weighted by atomic mass is 35.5. The predicted octanol–water partition coefficient (Wildman–Crippen LogP) is 2.92. The number of fused-ring (bicyclic) bond motifs is 1. The van der Waals surface area contributed by atoms with Gasteiger partial charge in [0, 0.05) is 30.2 Å². The molecule has 0 bridgehead atoms. The fraction of sp³-hybridized carbons (Fsp3) is 0.333. The molecule has 0 unspecified atom stereocenters. The van der Waals surface area contributed by atoms with Crippen molar-refractivity contribution in [1.82, 2.24) is 24.8 Å². The summed E-state index contributed by atoms with van der Waals surface area (Å²) < 4.78 is 0. The maximum atomic E-state index is 5.98. The van der Waals surface area contributed by atoms with Crippen molar-refractivity contribution < 1.29 is 0 Å². The molecule has 0 spiro atoms. The Balaban J connectivity index is 1.62. The zero-order valence-electron chi connectivity index (χ0n) is 12.2. The van der Waals surface area contributed by atoms with Crippen molar-refractivity contribution in [3.63, 3.8) is 0 Å². The quantitative estimate of drug-likeness (QED) is 0.762. The van der Waals surface area contributed by atoms with Crippen molar-refractivity contribution in [2.45, 2.75) is 19.9 Å². The Morgan fingerprint density at radius 2 is 2.19 bits per heavy atom. The molecule has 0 aliphatic rings. The largest absolute Gasteiger partial charge is 0.348 e. The first-order valence-corrected chi connectivity index (χ1v) is 7.31. The normalized spacial score (nSPS) is 11.6. The van der Waals surface area contributed by atoms with Gasteiger partial charge in [0.2, 0.25) is 0 Å². The van der Waals surface area contributed by atoms with Gasteiger partial charge in [0.05, 0.1) is 23.1 Å². The monoisotopic (exact) mass is 303 g/mol. The number of imidazole rings is 2. The molecule has 2 aromatic heterocycles. The Hall–Kier alpha value is -1.85. The van der Waals surface area contributed by atoms with E-state index in [0.29, 0.717) is 0 Å². The van der Waals surface area contributed by atoms with Crippen LogP contribution in [0.3, 0.4) is 0 Å². The molecule has 0 aliphatic heterocycles. The van der Waals surface area contributed by atoms with Gasteiger partial charge >= 0.3 is 0 Å². The first-order valence-electron chi connectivity index (χ1n) is 6.93. The van der Waals surface area contributed by atoms with Crippen molar-refractivity contribution in [3.8, 4) is 0 Å². The molecule has 21 heavy (non-hydrogen) atoms. The lowest BCUT2D eigenvalue weighted by atomic mass is 10.3. The third-order valence-electron chi connectivity index (χ3n) is 3.58. The van der Waals surface area contributed by atoms with E-state index in [1.807, 2.05) is 25.1 Å². The molecule has 0 fully saturated rings. The van der Waals surface area contributed by atoms with E-state index in [1.54, 1.807) is 6.33 Å². The van der Waals surface area contributed by atoms with Crippen molar-refractivity contribution in [1.29, 1.82) is 0 Å². The summed E-state index contributed by atoms with van der Waals surface area (Å²) in [7, 11) is 2.09. The number of hydrogen-bond donors (Lipinski definition) is 2. The second-order valence-electron chi connectivity index (χ2n) is 5.31. The number of hydrogen-bond acceptors (Lipinski definition) is 3. The van der Waals surface area contributed by atoms with Crippen molar-refractivity contribution in [2.75, 3.05) is 13.6 Å². The molecule has 2 heterocycles. The van der Waals surface area contributed by atoms with Gasteiger partial charge in [0.1, 0.15) is 5.82 Å². The van der Waals surface area contributed by atoms with Crippen LogP contribution in [0.4, 0.5) is 0 Å². The topological polar surface area (TPSA) is 60.6 Å². The third-order valence-corrected chi connectivity index (χ3v) is 3.81. The van der Waals surface area contributed by atoms with Gasteiger partial charge in [0.15, 0.2) is 0 Å². The molecule has 3 aromatic rings. The highest BCUT2D eigenvalue weighted by molar-refractivity contribution is 6.31. The number of H-pyrrole nitrogens is 2. The minimum absolute atomic E-state index is 0.726. The van der Waals surface area contributed by atoms with E-state index in [4.69, 9.17) is 11.6 Å². The van der Waals surface area contributed by atoms with E-state index < -0.39 is 0 Å². The Morgan fingerprint density at radius 1 is 1.33 bits per heavy atom. The van der Waals surface area contributed by atoms with E-state index in [0.717, 1.165) is 52.8 Å². The lowest BCUT2D eigenvalue weighted by Gasteiger charge is -2.14. The summed E-state index contributed by atoms with van der Waals surface area (Å²) in [6.07, 6.45) is 2.60. The average molecular weight is 304 g/mol. The molecule has 6 heteroatoms. The maximum absolute atomic E-state index is 5.98. The van der Waals surface area contributed by atoms with Crippen LogP contribution in [0, 0.1) is 6.92 Å². The van der Waals surface area contributed by atoms with E-state index in [9.17, 15) is 0 Å². The van der Waals surface area contributed by atoms with Crippen LogP contribution in [-0.2, 0) is 13.0 Å². The van der Waals surface area contributed by atoms with Gasteiger partial charge in [0.25, 0.3) is 0 Å². The molecular formula is C15H18ClN5. The predicted molar refractivity (Wildman–Crippen MR) is 84.5 cm³/mol. The van der Waals surface area contributed by atoms with Gasteiger partial charge in [-0.3, -0.25) is 0 Å². The summed E-state index contributed by atoms with van der Waals surface area (Å²) in [5, 5.41) is 0.726. The van der Waals surface area contributed by atoms with Gasteiger partial charge in [-0.05, 0) is 32.2 Å². The minimum atomic E-state index is 0.726. The molecule has 0 aliphatic carbocycles. The number of rotatable bonds is 5. The summed E-state index contributed by atoms with van der Waals surface area (Å²) in [6, 6.07) is 5.71. The van der Waals surface area contributed by atoms with Crippen LogP contribution in [0.15, 0.2) is 24.5 Å². The maximum Gasteiger partial charge on any atom is 0.108 e. The Bertz CT molecular complexity index is 745. The van der Waals surface area contributed by atoms with E-state index in [-0.39, 0.29) is 0 Å². The first kappa shape index (κ1) is 14.1. The number of nitrogens with one attached hydrogen (secondary N) is 2. The standard InChI is InChI=1S/C15H18ClN5/c1-10-14(18-9-17-10)8-21(2)6-5-15-19-12-4-3-11(16)7-13(12)20-15/h3-4,7,9H,5-6,8H2,1-2H3,(H,17,18)(H,19,20). The average Bonchev–Trinajstić information content (AvgIpc) is 3.02. The number of nitrogens with zero attached hydrogens (tertiary/aromatic N) is 3. The van der Waals surface area contributed by atoms with Crippen LogP contribution < -0.4 is 0 Å². The lowest BCUT2D eigenvalue weighted by Crippen LogP contribution is -2.21. The Morgan fingerprint density at radius 3 is 2.95 bits per heavy atom. The van der Waals surface area contributed by atoms with Crippen LogP contribution in [0.2, 0.25) is 5.02 Å². The fourth-order valence-corrected chi connectivity index (χ4v) is 2.50. The third kappa shape index (κ3) is 3.25. The highest BCUT2D eigenvalue weighted by Crippen LogP contribution is 2.17. The molecule has 0 saturated carbocycles. The Labute approximate surface area is 128 Å². The highest BCUT2D eigenvalue weighted by Gasteiger charge is 2.08. The number of likely N-dealkylation sites (N-methyl/N-ethyl adjacent to an activating group) is 1. The van der Waals surface area contributed by atoms with Gasteiger partial charge in [-0.15, -0.1) is 0 Å². The van der Waals surface area contributed by atoms with Crippen LogP contribution in [0.5, 0.6) is 0 Å². The van der Waals surface area contributed by atoms with Crippen LogP contribution in [0.25, 0.3) is 11.0 Å². The van der Waals surface area contributed by atoms with Gasteiger partial charge in [-0.2, -0.15) is 0 Å². The van der Waals surface area contributed by atoms with Gasteiger partial charge in [-0.25, -0.2) is 9.97 Å². The fourth-order valence-electron chi connectivity index (χ4n) is 2.33. The molecule has 2 N–H and O–H groups in total. The number of halogens is 1. The van der Waals surface area contributed by atoms with E-state index >= 15 is 0 Å². The molecule has 0 radical (unpaired) electrons. The number of aromatic amines is 2. The van der Waals surface area contributed by atoms with Gasteiger partial charge < -0.3 is 14.9 Å². The number of aryl methyl sites for hydroxylation is 1. The van der Waals surface area contributed by atoms with Crippen molar-refractivity contribution in [3.05, 3.63) is 46.8 Å². The molecule has 0 amide bonds. The zero-order chi connectivity index (χ0) is 14.8. The van der Waals surface area contributed by atoms with Gasteiger partial charge in [-0.1, -0.05) is 11.6 Å². The molecule has 110 valence electrons. The summed E-state index contributed by atoms with van der Waals surface area (Å²) in [5.74, 6) is 0.984.